The van der Waals surface area contributed by atoms with Crippen molar-refractivity contribution in [2.24, 2.45) is 5.92 Å². The maximum atomic E-state index is 12.5. The molecule has 3 aromatic rings. The lowest BCUT2D eigenvalue weighted by Gasteiger charge is -2.26. The maximum absolute atomic E-state index is 12.5. The molecule has 154 valence electrons. The van der Waals surface area contributed by atoms with E-state index in [0.29, 0.717) is 18.0 Å². The molecule has 5 rings (SSSR count). The smallest absolute Gasteiger partial charge is 0.249 e. The van der Waals surface area contributed by atoms with E-state index in [1.807, 2.05) is 47.4 Å². The zero-order valence-electron chi connectivity index (χ0n) is 16.9. The van der Waals surface area contributed by atoms with Gasteiger partial charge in [-0.05, 0) is 49.8 Å². The third-order valence-corrected chi connectivity index (χ3v) is 5.86. The first-order valence-corrected chi connectivity index (χ1v) is 10.7. The Bertz CT molecular complexity index is 1080. The van der Waals surface area contributed by atoms with E-state index in [4.69, 9.17) is 0 Å². The summed E-state index contributed by atoms with van der Waals surface area (Å²) in [4.78, 5) is 30.9. The molecule has 7 nitrogen and oxygen atoms in total. The van der Waals surface area contributed by atoms with Gasteiger partial charge in [-0.2, -0.15) is 4.98 Å². The summed E-state index contributed by atoms with van der Waals surface area (Å²) < 4.78 is 1.75. The highest BCUT2D eigenvalue weighted by Crippen LogP contribution is 2.30. The number of hydrogen-bond donors (Lipinski definition) is 1. The summed E-state index contributed by atoms with van der Waals surface area (Å²) in [6.45, 7) is 1.76. The first-order valence-electron chi connectivity index (χ1n) is 10.7. The van der Waals surface area contributed by atoms with Gasteiger partial charge in [0.2, 0.25) is 17.8 Å². The predicted octanol–water partition coefficient (Wildman–Crippen LogP) is 3.30. The van der Waals surface area contributed by atoms with Gasteiger partial charge in [-0.3, -0.25) is 14.9 Å². The Morgan fingerprint density at radius 1 is 1.00 bits per heavy atom. The number of pyridine rings is 1. The minimum absolute atomic E-state index is 0.00446. The molecule has 1 aliphatic heterocycles. The van der Waals surface area contributed by atoms with Gasteiger partial charge >= 0.3 is 0 Å². The van der Waals surface area contributed by atoms with Gasteiger partial charge in [-0.1, -0.05) is 30.3 Å². The van der Waals surface area contributed by atoms with Gasteiger partial charge in [0, 0.05) is 24.6 Å². The lowest BCUT2D eigenvalue weighted by molar-refractivity contribution is -0.131. The lowest BCUT2D eigenvalue weighted by Crippen LogP contribution is -2.36. The van der Waals surface area contributed by atoms with Crippen LogP contribution < -0.4 is 5.32 Å². The number of nitrogens with zero attached hydrogens (tertiary/aromatic N) is 4. The number of anilines is 1. The molecule has 0 atom stereocenters. The molecule has 0 bridgehead atoms. The van der Waals surface area contributed by atoms with Gasteiger partial charge in [0.1, 0.15) is 0 Å². The van der Waals surface area contributed by atoms with Gasteiger partial charge in [-0.25, -0.2) is 4.52 Å². The molecule has 2 fully saturated rings. The minimum atomic E-state index is -0.00446. The third-order valence-electron chi connectivity index (χ3n) is 5.86. The summed E-state index contributed by atoms with van der Waals surface area (Å²) in [6.07, 6.45) is 5.75. The van der Waals surface area contributed by atoms with Crippen LogP contribution in [0.15, 0.2) is 42.5 Å². The Morgan fingerprint density at radius 3 is 2.50 bits per heavy atom. The Balaban J connectivity index is 1.34. The Hall–Kier alpha value is -3.22. The van der Waals surface area contributed by atoms with E-state index in [9.17, 15) is 9.59 Å². The number of piperidine rings is 1. The van der Waals surface area contributed by atoms with Crippen molar-refractivity contribution >= 4 is 23.4 Å². The number of nitrogens with one attached hydrogen (secondary N) is 1. The molecule has 7 heteroatoms. The first kappa shape index (κ1) is 18.8. The van der Waals surface area contributed by atoms with Crippen molar-refractivity contribution in [2.45, 2.75) is 38.5 Å². The molecular formula is C23H25N5O2. The second-order valence-corrected chi connectivity index (χ2v) is 8.20. The molecule has 1 saturated carbocycles. The molecule has 2 aliphatic rings. The van der Waals surface area contributed by atoms with Gasteiger partial charge < -0.3 is 4.90 Å². The Morgan fingerprint density at radius 2 is 1.77 bits per heavy atom. The molecule has 2 amide bonds. The number of fused-ring (bicyclic) bond motifs is 1. The van der Waals surface area contributed by atoms with Crippen molar-refractivity contribution in [3.05, 3.63) is 48.0 Å². The highest BCUT2D eigenvalue weighted by Gasteiger charge is 2.30. The van der Waals surface area contributed by atoms with E-state index >= 15 is 0 Å². The van der Waals surface area contributed by atoms with E-state index in [0.717, 1.165) is 55.6 Å². The van der Waals surface area contributed by atoms with E-state index in [2.05, 4.69) is 15.4 Å². The van der Waals surface area contributed by atoms with Crippen LogP contribution in [0.25, 0.3) is 16.9 Å². The normalized spacial score (nSPS) is 16.6. The molecule has 0 unspecified atom stereocenters. The van der Waals surface area contributed by atoms with Gasteiger partial charge in [0.15, 0.2) is 5.65 Å². The van der Waals surface area contributed by atoms with Crippen LogP contribution in [0.5, 0.6) is 0 Å². The van der Waals surface area contributed by atoms with Crippen molar-refractivity contribution < 1.29 is 9.59 Å². The number of hydrogen-bond acceptors (Lipinski definition) is 4. The number of carbonyl (C=O) groups excluding carboxylic acids is 2. The van der Waals surface area contributed by atoms with Gasteiger partial charge in [0.25, 0.3) is 0 Å². The van der Waals surface area contributed by atoms with Crippen molar-refractivity contribution in [1.29, 1.82) is 0 Å². The summed E-state index contributed by atoms with van der Waals surface area (Å²) in [7, 11) is 0. The summed E-state index contributed by atoms with van der Waals surface area (Å²) in [6, 6.07) is 13.8. The van der Waals surface area contributed by atoms with Crippen LogP contribution in [-0.4, -0.2) is 44.4 Å². The molecule has 1 aliphatic carbocycles. The van der Waals surface area contributed by atoms with Crippen LogP contribution in [0.3, 0.4) is 0 Å². The van der Waals surface area contributed by atoms with E-state index in [1.54, 1.807) is 4.52 Å². The SMILES string of the molecule is O=C(Nc1nc2cccc(-c3ccc(CC(=O)N4CCCCC4)cc3)n2n1)C1CC1. The van der Waals surface area contributed by atoms with E-state index < -0.39 is 0 Å². The van der Waals surface area contributed by atoms with Crippen molar-refractivity contribution in [1.82, 2.24) is 19.5 Å². The van der Waals surface area contributed by atoms with Crippen LogP contribution in [0, 0.1) is 5.92 Å². The topological polar surface area (TPSA) is 79.6 Å². The first-order chi connectivity index (χ1) is 14.7. The highest BCUT2D eigenvalue weighted by molar-refractivity contribution is 5.92. The fraction of sp³-hybridized carbons (Fsp3) is 0.391. The van der Waals surface area contributed by atoms with E-state index in [-0.39, 0.29) is 17.7 Å². The number of rotatable bonds is 5. The lowest BCUT2D eigenvalue weighted by atomic mass is 10.0. The summed E-state index contributed by atoms with van der Waals surface area (Å²) in [5.41, 5.74) is 3.57. The molecule has 30 heavy (non-hydrogen) atoms. The summed E-state index contributed by atoms with van der Waals surface area (Å²) >= 11 is 0. The summed E-state index contributed by atoms with van der Waals surface area (Å²) in [5.74, 6) is 0.645. The second-order valence-electron chi connectivity index (χ2n) is 8.20. The molecular weight excluding hydrogens is 378 g/mol. The second kappa shape index (κ2) is 7.89. The van der Waals surface area contributed by atoms with E-state index in [1.165, 1.54) is 6.42 Å². The monoisotopic (exact) mass is 403 g/mol. The predicted molar refractivity (Wildman–Crippen MR) is 114 cm³/mol. The maximum Gasteiger partial charge on any atom is 0.249 e. The zero-order chi connectivity index (χ0) is 20.5. The molecule has 1 saturated heterocycles. The van der Waals surface area contributed by atoms with Crippen molar-refractivity contribution in [3.8, 4) is 11.3 Å². The molecule has 0 radical (unpaired) electrons. The number of benzene rings is 1. The fourth-order valence-corrected chi connectivity index (χ4v) is 3.96. The largest absolute Gasteiger partial charge is 0.342 e. The van der Waals surface area contributed by atoms with Crippen LogP contribution in [0.2, 0.25) is 0 Å². The number of likely N-dealkylation sites (tertiary alicyclic amines) is 1. The van der Waals surface area contributed by atoms with Crippen LogP contribution >= 0.6 is 0 Å². The van der Waals surface area contributed by atoms with Crippen molar-refractivity contribution in [3.63, 3.8) is 0 Å². The number of carbonyl (C=O) groups is 2. The molecule has 1 aromatic carbocycles. The molecule has 1 N–H and O–H groups in total. The third kappa shape index (κ3) is 3.92. The minimum Gasteiger partial charge on any atom is -0.342 e. The van der Waals surface area contributed by atoms with Crippen molar-refractivity contribution in [2.75, 3.05) is 18.4 Å². The average Bonchev–Trinajstić information content (AvgIpc) is 3.55. The van der Waals surface area contributed by atoms with Crippen LogP contribution in [0.1, 0.15) is 37.7 Å². The fourth-order valence-electron chi connectivity index (χ4n) is 3.96. The highest BCUT2D eigenvalue weighted by atomic mass is 16.2. The molecule has 3 heterocycles. The van der Waals surface area contributed by atoms with Gasteiger partial charge in [0.05, 0.1) is 12.1 Å². The average molecular weight is 403 g/mol. The zero-order valence-corrected chi connectivity index (χ0v) is 16.9. The summed E-state index contributed by atoms with van der Waals surface area (Å²) in [5, 5.41) is 7.29. The molecule has 0 spiro atoms. The Kier molecular flexibility index (Phi) is 4.94. The van der Waals surface area contributed by atoms with Crippen LogP contribution in [-0.2, 0) is 16.0 Å². The number of amides is 2. The van der Waals surface area contributed by atoms with Crippen LogP contribution in [0.4, 0.5) is 5.95 Å². The quantitative estimate of drug-likeness (QED) is 0.709. The number of aromatic nitrogens is 3. The Labute approximate surface area is 175 Å². The standard InChI is InChI=1S/C23H25N5O2/c29-21(27-13-2-1-3-14-27)15-16-7-9-17(10-8-16)19-5-4-6-20-24-23(26-28(19)20)25-22(30)18-11-12-18/h4-10,18H,1-3,11-15H2,(H,25,26,30). The molecule has 2 aromatic heterocycles. The van der Waals surface area contributed by atoms with Gasteiger partial charge in [-0.15, -0.1) is 5.10 Å².